The molecule has 1 heterocycles. The molecule has 178 valence electrons. The number of benzene rings is 2. The first kappa shape index (κ1) is 24.6. The lowest BCUT2D eigenvalue weighted by atomic mass is 10.0. The molecule has 0 bridgehead atoms. The summed E-state index contributed by atoms with van der Waals surface area (Å²) < 4.78 is 12.0. The zero-order valence-corrected chi connectivity index (χ0v) is 21.3. The van der Waals surface area contributed by atoms with Gasteiger partial charge in [0, 0.05) is 21.7 Å². The van der Waals surface area contributed by atoms with Crippen molar-refractivity contribution in [2.75, 3.05) is 7.11 Å². The molecule has 2 aromatic carbocycles. The van der Waals surface area contributed by atoms with Crippen molar-refractivity contribution >= 4 is 63.1 Å². The highest BCUT2D eigenvalue weighted by Crippen LogP contribution is 2.38. The van der Waals surface area contributed by atoms with E-state index >= 15 is 0 Å². The fraction of sp³-hybridized carbons (Fsp3) is 0.292. The monoisotopic (exact) mass is 566 g/mol. The summed E-state index contributed by atoms with van der Waals surface area (Å²) in [6.07, 6.45) is 4.82. The molecule has 4 amide bonds. The number of hydrogen-bond acceptors (Lipinski definition) is 5. The Kier molecular flexibility index (Phi) is 7.50. The van der Waals surface area contributed by atoms with Crippen molar-refractivity contribution < 1.29 is 23.9 Å². The van der Waals surface area contributed by atoms with Crippen LogP contribution in [0.3, 0.4) is 0 Å². The first-order chi connectivity index (χ1) is 16.3. The van der Waals surface area contributed by atoms with Crippen molar-refractivity contribution in [1.29, 1.82) is 0 Å². The lowest BCUT2D eigenvalue weighted by Gasteiger charge is -2.31. The Balaban J connectivity index is 1.60. The molecule has 1 saturated carbocycles. The van der Waals surface area contributed by atoms with E-state index in [1.807, 2.05) is 0 Å². The Labute approximate surface area is 215 Å². The molecular weight excluding hydrogens is 547 g/mol. The number of halogens is 3. The van der Waals surface area contributed by atoms with E-state index in [9.17, 15) is 14.4 Å². The van der Waals surface area contributed by atoms with Gasteiger partial charge in [0.2, 0.25) is 0 Å². The van der Waals surface area contributed by atoms with Crippen molar-refractivity contribution in [2.45, 2.75) is 38.3 Å². The van der Waals surface area contributed by atoms with Gasteiger partial charge >= 0.3 is 6.03 Å². The fourth-order valence-corrected chi connectivity index (χ4v) is 5.12. The van der Waals surface area contributed by atoms with Crippen molar-refractivity contribution in [3.8, 4) is 11.5 Å². The lowest BCUT2D eigenvalue weighted by molar-refractivity contribution is -0.131. The topological polar surface area (TPSA) is 84.9 Å². The Bertz CT molecular complexity index is 1190. The number of ether oxygens (including phenoxy) is 2. The van der Waals surface area contributed by atoms with Crippen LogP contribution in [0.4, 0.5) is 4.79 Å². The quantitative estimate of drug-likeness (QED) is 0.355. The van der Waals surface area contributed by atoms with Gasteiger partial charge in [-0.25, -0.2) is 4.79 Å². The molecule has 2 aromatic rings. The molecule has 0 radical (unpaired) electrons. The fourth-order valence-electron chi connectivity index (χ4n) is 4.08. The average molecular weight is 568 g/mol. The van der Waals surface area contributed by atoms with E-state index in [0.717, 1.165) is 31.2 Å². The molecule has 10 heteroatoms. The maximum absolute atomic E-state index is 13.0. The van der Waals surface area contributed by atoms with Crippen molar-refractivity contribution in [3.63, 3.8) is 0 Å². The molecule has 1 aliphatic carbocycles. The van der Waals surface area contributed by atoms with Crippen LogP contribution in [0.2, 0.25) is 10.0 Å². The van der Waals surface area contributed by atoms with E-state index in [0.29, 0.717) is 31.6 Å². The van der Waals surface area contributed by atoms with Crippen LogP contribution in [-0.2, 0) is 16.2 Å². The molecule has 2 fully saturated rings. The van der Waals surface area contributed by atoms with E-state index in [4.69, 9.17) is 32.7 Å². The molecule has 0 aromatic heterocycles. The van der Waals surface area contributed by atoms with Gasteiger partial charge in [-0.2, -0.15) is 0 Å². The summed E-state index contributed by atoms with van der Waals surface area (Å²) in [5.74, 6) is -0.498. The maximum atomic E-state index is 13.0. The lowest BCUT2D eigenvalue weighted by Crippen LogP contribution is -2.57. The Morgan fingerprint density at radius 2 is 1.88 bits per heavy atom. The van der Waals surface area contributed by atoms with Crippen LogP contribution >= 0.6 is 39.1 Å². The largest absolute Gasteiger partial charge is 0.493 e. The van der Waals surface area contributed by atoms with Gasteiger partial charge in [-0.3, -0.25) is 19.8 Å². The second kappa shape index (κ2) is 10.4. The van der Waals surface area contributed by atoms with Gasteiger partial charge in [-0.15, -0.1) is 0 Å². The van der Waals surface area contributed by atoms with E-state index in [1.165, 1.54) is 18.1 Å². The molecule has 1 saturated heterocycles. The number of methoxy groups -OCH3 is 1. The second-order valence-corrected chi connectivity index (χ2v) is 9.69. The van der Waals surface area contributed by atoms with Gasteiger partial charge in [-0.05, 0) is 64.7 Å². The highest BCUT2D eigenvalue weighted by molar-refractivity contribution is 9.10. The molecule has 0 atom stereocenters. The Morgan fingerprint density at radius 3 is 2.56 bits per heavy atom. The van der Waals surface area contributed by atoms with Crippen LogP contribution in [0, 0.1) is 0 Å². The summed E-state index contributed by atoms with van der Waals surface area (Å²) in [7, 11) is 1.49. The van der Waals surface area contributed by atoms with Crippen LogP contribution in [0.5, 0.6) is 11.5 Å². The predicted octanol–water partition coefficient (Wildman–Crippen LogP) is 5.75. The van der Waals surface area contributed by atoms with Gasteiger partial charge in [-0.1, -0.05) is 42.1 Å². The minimum absolute atomic E-state index is 0.109. The van der Waals surface area contributed by atoms with Gasteiger partial charge in [0.1, 0.15) is 12.2 Å². The highest BCUT2D eigenvalue weighted by Gasteiger charge is 2.40. The third-order valence-electron chi connectivity index (χ3n) is 5.77. The number of rotatable bonds is 6. The van der Waals surface area contributed by atoms with Crippen LogP contribution in [0.25, 0.3) is 6.08 Å². The summed E-state index contributed by atoms with van der Waals surface area (Å²) in [5.41, 5.74) is 1.16. The summed E-state index contributed by atoms with van der Waals surface area (Å²) in [6, 6.07) is 7.62. The number of hydrogen-bond donors (Lipinski definition) is 1. The van der Waals surface area contributed by atoms with E-state index in [1.54, 1.807) is 30.3 Å². The molecular formula is C24H21BrCl2N2O5. The van der Waals surface area contributed by atoms with Crippen LogP contribution in [-0.4, -0.2) is 35.9 Å². The molecule has 0 spiro atoms. The van der Waals surface area contributed by atoms with Gasteiger partial charge in [0.15, 0.2) is 11.5 Å². The van der Waals surface area contributed by atoms with Gasteiger partial charge in [0.05, 0.1) is 11.6 Å². The van der Waals surface area contributed by atoms with Crippen molar-refractivity contribution in [1.82, 2.24) is 10.2 Å². The van der Waals surface area contributed by atoms with Gasteiger partial charge < -0.3 is 9.47 Å². The summed E-state index contributed by atoms with van der Waals surface area (Å²) in [4.78, 5) is 39.0. The first-order valence-corrected chi connectivity index (χ1v) is 12.2. The molecule has 2 aliphatic rings. The zero-order chi connectivity index (χ0) is 24.4. The molecule has 1 aliphatic heterocycles. The normalized spacial score (nSPS) is 17.9. The molecule has 34 heavy (non-hydrogen) atoms. The molecule has 0 unspecified atom stereocenters. The van der Waals surface area contributed by atoms with Crippen molar-refractivity contribution in [2.24, 2.45) is 0 Å². The second-order valence-electron chi connectivity index (χ2n) is 7.99. The zero-order valence-electron chi connectivity index (χ0n) is 18.2. The minimum Gasteiger partial charge on any atom is -0.493 e. The standard InChI is InChI=1S/C24H21BrCl2N2O5/c1-33-20-10-13(9-18(25)21(20)34-12-14-6-7-15(26)11-19(14)27)8-17-22(30)28-24(32)29(23(17)31)16-4-2-3-5-16/h6-11,16H,2-5,12H2,1H3,(H,28,30,32)/b17-8+. The Hall–Kier alpha value is -2.55. The van der Waals surface area contributed by atoms with E-state index in [2.05, 4.69) is 21.2 Å². The third-order valence-corrected chi connectivity index (χ3v) is 6.95. The average Bonchev–Trinajstić information content (AvgIpc) is 3.31. The van der Waals surface area contributed by atoms with Gasteiger partial charge in [0.25, 0.3) is 11.8 Å². The third kappa shape index (κ3) is 5.09. The minimum atomic E-state index is -0.725. The summed E-state index contributed by atoms with van der Waals surface area (Å²) in [5, 5.41) is 3.28. The highest BCUT2D eigenvalue weighted by atomic mass is 79.9. The summed E-state index contributed by atoms with van der Waals surface area (Å²) in [6.45, 7) is 0.171. The summed E-state index contributed by atoms with van der Waals surface area (Å²) >= 11 is 15.6. The number of nitrogens with zero attached hydrogens (tertiary/aromatic N) is 1. The van der Waals surface area contributed by atoms with Crippen LogP contribution < -0.4 is 14.8 Å². The molecule has 4 rings (SSSR count). The molecule has 7 nitrogen and oxygen atoms in total. The van der Waals surface area contributed by atoms with Crippen molar-refractivity contribution in [3.05, 3.63) is 61.5 Å². The number of barbiturate groups is 1. The smallest absolute Gasteiger partial charge is 0.331 e. The van der Waals surface area contributed by atoms with Crippen LogP contribution in [0.1, 0.15) is 36.8 Å². The number of nitrogens with one attached hydrogen (secondary N) is 1. The SMILES string of the molecule is COc1cc(/C=C2\C(=O)NC(=O)N(C3CCCC3)C2=O)cc(Br)c1OCc1ccc(Cl)cc1Cl. The van der Waals surface area contributed by atoms with E-state index in [-0.39, 0.29) is 18.2 Å². The van der Waals surface area contributed by atoms with E-state index < -0.39 is 17.8 Å². The molecule has 1 N–H and O–H groups in total. The Morgan fingerprint density at radius 1 is 1.15 bits per heavy atom. The number of imide groups is 2. The number of amides is 4. The first-order valence-electron chi connectivity index (χ1n) is 10.6. The number of carbonyl (C=O) groups excluding carboxylic acids is 3. The van der Waals surface area contributed by atoms with Crippen LogP contribution in [0.15, 0.2) is 40.4 Å². The predicted molar refractivity (Wildman–Crippen MR) is 132 cm³/mol. The number of urea groups is 1. The maximum Gasteiger partial charge on any atom is 0.331 e. The number of carbonyl (C=O) groups is 3.